The summed E-state index contributed by atoms with van der Waals surface area (Å²) in [5.41, 5.74) is 7.15. The molecule has 9 heteroatoms. The zero-order valence-electron chi connectivity index (χ0n) is 22.7. The molecule has 1 heterocycles. The van der Waals surface area contributed by atoms with E-state index < -0.39 is 22.9 Å². The third-order valence-corrected chi connectivity index (χ3v) is 8.75. The van der Waals surface area contributed by atoms with Crippen molar-refractivity contribution >= 4 is 29.7 Å². The standard InChI is InChI=1S/C28H44N4O4S/c1-19(2)36-27(35)31-24(28(3,4)37-18-21-9-6-5-7-10-21)26(34)32-16-8-11-23(32)25(33)30-17-20-12-14-22(29)15-13-20/h5-7,9-10,19-20,22-24H,8,11-18,29H2,1-4H3,(H,30,33)(H,31,35)/t20-,22-,23-,24-/m0/s1. The fraction of sp³-hybridized carbons (Fsp3) is 0.679. The Bertz CT molecular complexity index is 903. The van der Waals surface area contributed by atoms with Gasteiger partial charge in [0.1, 0.15) is 12.1 Å². The van der Waals surface area contributed by atoms with Crippen LogP contribution >= 0.6 is 11.8 Å². The summed E-state index contributed by atoms with van der Waals surface area (Å²) in [7, 11) is 0. The first kappa shape index (κ1) is 29.3. The van der Waals surface area contributed by atoms with Crippen molar-refractivity contribution in [1.82, 2.24) is 15.5 Å². The molecule has 3 amide bonds. The van der Waals surface area contributed by atoms with Gasteiger partial charge in [0.15, 0.2) is 0 Å². The van der Waals surface area contributed by atoms with Crippen molar-refractivity contribution in [2.75, 3.05) is 13.1 Å². The number of hydrogen-bond donors (Lipinski definition) is 3. The Balaban J connectivity index is 1.69. The van der Waals surface area contributed by atoms with Crippen molar-refractivity contribution in [3.63, 3.8) is 0 Å². The van der Waals surface area contributed by atoms with Crippen molar-refractivity contribution in [2.45, 2.75) is 101 Å². The molecule has 1 aliphatic heterocycles. The third-order valence-electron chi connectivity index (χ3n) is 7.30. The Kier molecular flexibility index (Phi) is 10.7. The lowest BCUT2D eigenvalue weighted by molar-refractivity contribution is -0.140. The highest BCUT2D eigenvalue weighted by atomic mass is 32.2. The Morgan fingerprint density at radius 1 is 1.11 bits per heavy atom. The van der Waals surface area contributed by atoms with Gasteiger partial charge in [-0.05, 0) is 77.7 Å². The number of nitrogens with one attached hydrogen (secondary N) is 2. The van der Waals surface area contributed by atoms with Gasteiger partial charge in [-0.2, -0.15) is 0 Å². The van der Waals surface area contributed by atoms with Crippen molar-refractivity contribution in [1.29, 1.82) is 0 Å². The first-order chi connectivity index (χ1) is 17.6. The van der Waals surface area contributed by atoms with Gasteiger partial charge >= 0.3 is 6.09 Å². The Morgan fingerprint density at radius 3 is 2.43 bits per heavy atom. The van der Waals surface area contributed by atoms with Crippen LogP contribution in [0, 0.1) is 5.92 Å². The van der Waals surface area contributed by atoms with Crippen LogP contribution in [0.3, 0.4) is 0 Å². The molecule has 1 aromatic rings. The van der Waals surface area contributed by atoms with Gasteiger partial charge < -0.3 is 26.0 Å². The fourth-order valence-corrected chi connectivity index (χ4v) is 6.11. The smallest absolute Gasteiger partial charge is 0.408 e. The number of carbonyl (C=O) groups is 3. The quantitative estimate of drug-likeness (QED) is 0.422. The van der Waals surface area contributed by atoms with Crippen LogP contribution in [0.2, 0.25) is 0 Å². The lowest BCUT2D eigenvalue weighted by atomic mass is 9.86. The van der Waals surface area contributed by atoms with Crippen molar-refractivity contribution < 1.29 is 19.1 Å². The minimum absolute atomic E-state index is 0.112. The second kappa shape index (κ2) is 13.5. The molecule has 1 saturated carbocycles. The van der Waals surface area contributed by atoms with Gasteiger partial charge in [0.05, 0.1) is 6.10 Å². The van der Waals surface area contributed by atoms with Gasteiger partial charge in [-0.25, -0.2) is 4.79 Å². The summed E-state index contributed by atoms with van der Waals surface area (Å²) in [5, 5.41) is 5.93. The van der Waals surface area contributed by atoms with Crippen LogP contribution in [0.1, 0.15) is 71.8 Å². The minimum atomic E-state index is -0.847. The minimum Gasteiger partial charge on any atom is -0.447 e. The van der Waals surface area contributed by atoms with E-state index in [2.05, 4.69) is 10.6 Å². The molecular weight excluding hydrogens is 488 g/mol. The largest absolute Gasteiger partial charge is 0.447 e. The molecular formula is C28H44N4O4S. The lowest BCUT2D eigenvalue weighted by Crippen LogP contribution is -2.60. The van der Waals surface area contributed by atoms with E-state index >= 15 is 0 Å². The highest BCUT2D eigenvalue weighted by Crippen LogP contribution is 2.34. The Hall–Kier alpha value is -2.26. The summed E-state index contributed by atoms with van der Waals surface area (Å²) in [6, 6.07) is 8.92. The van der Waals surface area contributed by atoms with E-state index in [1.165, 1.54) is 0 Å². The molecule has 0 spiro atoms. The summed E-state index contributed by atoms with van der Waals surface area (Å²) in [6.45, 7) is 8.56. The maximum absolute atomic E-state index is 13.9. The maximum Gasteiger partial charge on any atom is 0.408 e. The van der Waals surface area contributed by atoms with Crippen LogP contribution in [-0.2, 0) is 20.1 Å². The highest BCUT2D eigenvalue weighted by molar-refractivity contribution is 7.99. The number of carbonyl (C=O) groups excluding carboxylic acids is 3. The van der Waals surface area contributed by atoms with Crippen LogP contribution in [0.5, 0.6) is 0 Å². The molecule has 0 unspecified atom stereocenters. The molecule has 2 atom stereocenters. The van der Waals surface area contributed by atoms with E-state index in [-0.39, 0.29) is 24.0 Å². The zero-order valence-corrected chi connectivity index (χ0v) is 23.5. The van der Waals surface area contributed by atoms with Gasteiger partial charge in [-0.1, -0.05) is 30.3 Å². The number of ether oxygens (including phenoxy) is 1. The average molecular weight is 533 g/mol. The maximum atomic E-state index is 13.9. The fourth-order valence-electron chi connectivity index (χ4n) is 5.05. The predicted octanol–water partition coefficient (Wildman–Crippen LogP) is 3.83. The molecule has 2 fully saturated rings. The first-order valence-electron chi connectivity index (χ1n) is 13.6. The van der Waals surface area contributed by atoms with Crippen LogP contribution < -0.4 is 16.4 Å². The van der Waals surface area contributed by atoms with Gasteiger partial charge in [0.25, 0.3) is 0 Å². The van der Waals surface area contributed by atoms with Crippen LogP contribution in [0.15, 0.2) is 30.3 Å². The molecule has 37 heavy (non-hydrogen) atoms. The molecule has 3 rings (SSSR count). The molecule has 206 valence electrons. The average Bonchev–Trinajstić information content (AvgIpc) is 3.35. The van der Waals surface area contributed by atoms with E-state index in [4.69, 9.17) is 10.5 Å². The first-order valence-corrected chi connectivity index (χ1v) is 14.5. The second-order valence-corrected chi connectivity index (χ2v) is 12.8. The summed E-state index contributed by atoms with van der Waals surface area (Å²) in [5.74, 6) is 0.766. The molecule has 0 radical (unpaired) electrons. The van der Waals surface area contributed by atoms with E-state index in [1.807, 2.05) is 44.2 Å². The number of rotatable bonds is 10. The molecule has 2 aliphatic rings. The summed E-state index contributed by atoms with van der Waals surface area (Å²) < 4.78 is 4.68. The number of nitrogens with zero attached hydrogens (tertiary/aromatic N) is 1. The van der Waals surface area contributed by atoms with E-state index in [0.29, 0.717) is 31.2 Å². The normalized spacial score (nSPS) is 23.0. The summed E-state index contributed by atoms with van der Waals surface area (Å²) in [4.78, 5) is 41.4. The van der Waals surface area contributed by atoms with E-state index in [1.54, 1.807) is 30.5 Å². The molecule has 1 aliphatic carbocycles. The molecule has 0 aromatic heterocycles. The topological polar surface area (TPSA) is 114 Å². The van der Waals surface area contributed by atoms with Gasteiger partial charge in [0.2, 0.25) is 11.8 Å². The third kappa shape index (κ3) is 8.64. The van der Waals surface area contributed by atoms with Crippen LogP contribution in [-0.4, -0.2) is 64.9 Å². The van der Waals surface area contributed by atoms with E-state index in [0.717, 1.165) is 37.7 Å². The van der Waals surface area contributed by atoms with Crippen molar-refractivity contribution in [2.24, 2.45) is 11.7 Å². The molecule has 4 N–H and O–H groups in total. The van der Waals surface area contributed by atoms with E-state index in [9.17, 15) is 14.4 Å². The van der Waals surface area contributed by atoms with Gasteiger partial charge in [-0.3, -0.25) is 9.59 Å². The monoisotopic (exact) mass is 532 g/mol. The second-order valence-electron chi connectivity index (χ2n) is 11.1. The number of nitrogens with two attached hydrogens (primary N) is 1. The number of thioether (sulfide) groups is 1. The highest BCUT2D eigenvalue weighted by Gasteiger charge is 2.44. The SMILES string of the molecule is CC(C)OC(=O)N[C@@H](C(=O)N1CCC[C@H]1C(=O)NC[C@H]1CC[C@H](N)CC1)C(C)(C)SCc1ccccc1. The number of benzene rings is 1. The molecule has 8 nitrogen and oxygen atoms in total. The summed E-state index contributed by atoms with van der Waals surface area (Å²) >= 11 is 1.60. The lowest BCUT2D eigenvalue weighted by Gasteiger charge is -2.37. The zero-order chi connectivity index (χ0) is 27.0. The Labute approximate surface area is 225 Å². The Morgan fingerprint density at radius 2 is 1.78 bits per heavy atom. The van der Waals surface area contributed by atoms with Crippen LogP contribution in [0.4, 0.5) is 4.79 Å². The number of alkyl carbamates (subject to hydrolysis) is 1. The van der Waals surface area contributed by atoms with Crippen molar-refractivity contribution in [3.05, 3.63) is 35.9 Å². The van der Waals surface area contributed by atoms with Crippen LogP contribution in [0.25, 0.3) is 0 Å². The number of hydrogen-bond acceptors (Lipinski definition) is 6. The molecule has 1 aromatic carbocycles. The number of likely N-dealkylation sites (tertiary alicyclic amines) is 1. The van der Waals surface area contributed by atoms with Gasteiger partial charge in [0, 0.05) is 29.6 Å². The molecule has 0 bridgehead atoms. The predicted molar refractivity (Wildman–Crippen MR) is 148 cm³/mol. The van der Waals surface area contributed by atoms with Gasteiger partial charge in [-0.15, -0.1) is 11.8 Å². The number of amides is 3. The van der Waals surface area contributed by atoms with Crippen molar-refractivity contribution in [3.8, 4) is 0 Å². The molecule has 1 saturated heterocycles. The summed E-state index contributed by atoms with van der Waals surface area (Å²) in [6.07, 6.45) is 4.45.